The highest BCUT2D eigenvalue weighted by atomic mass is 32.2. The van der Waals surface area contributed by atoms with Gasteiger partial charge in [-0.05, 0) is 49.2 Å². The van der Waals surface area contributed by atoms with Crippen LogP contribution in [0.15, 0.2) is 82.8 Å². The van der Waals surface area contributed by atoms with Gasteiger partial charge in [-0.2, -0.15) is 17.9 Å². The van der Waals surface area contributed by atoms with Crippen molar-refractivity contribution in [2.75, 3.05) is 11.0 Å². The predicted molar refractivity (Wildman–Crippen MR) is 130 cm³/mol. The minimum atomic E-state index is -3.88. The maximum atomic E-state index is 13.5. The summed E-state index contributed by atoms with van der Waals surface area (Å²) in [6.45, 7) is 3.88. The van der Waals surface area contributed by atoms with Crippen LogP contribution in [0.2, 0.25) is 0 Å². The smallest absolute Gasteiger partial charge is 0.279 e. The van der Waals surface area contributed by atoms with Crippen LogP contribution in [0.3, 0.4) is 0 Å². The van der Waals surface area contributed by atoms with Crippen LogP contribution in [0.1, 0.15) is 34.7 Å². The molecule has 3 aromatic rings. The number of hydrogen-bond donors (Lipinski definition) is 1. The number of nitrogens with zero attached hydrogens (tertiary/aromatic N) is 2. The molecule has 0 unspecified atom stereocenters. The molecule has 3 aromatic carbocycles. The number of nitrogens with one attached hydrogen (secondary N) is 1. The molecule has 0 spiro atoms. The summed E-state index contributed by atoms with van der Waals surface area (Å²) in [4.78, 5) is 0.183. The van der Waals surface area contributed by atoms with Crippen molar-refractivity contribution in [1.29, 1.82) is 0 Å². The monoisotopic (exact) mass is 483 g/mol. The molecule has 1 aliphatic heterocycles. The summed E-state index contributed by atoms with van der Waals surface area (Å²) in [5.41, 5.74) is 4.68. The van der Waals surface area contributed by atoms with Crippen LogP contribution in [0.5, 0.6) is 0 Å². The summed E-state index contributed by atoms with van der Waals surface area (Å²) in [7, 11) is -7.27. The van der Waals surface area contributed by atoms with Crippen molar-refractivity contribution in [2.24, 2.45) is 5.10 Å². The lowest BCUT2D eigenvalue weighted by molar-refractivity contribution is 0.371. The van der Waals surface area contributed by atoms with Gasteiger partial charge in [0.1, 0.15) is 0 Å². The molecule has 0 fully saturated rings. The van der Waals surface area contributed by atoms with Crippen molar-refractivity contribution in [2.45, 2.75) is 31.2 Å². The van der Waals surface area contributed by atoms with E-state index < -0.39 is 26.1 Å². The number of sulfonamides is 2. The highest BCUT2D eigenvalue weighted by Gasteiger charge is 2.37. The first-order valence-electron chi connectivity index (χ1n) is 10.4. The summed E-state index contributed by atoms with van der Waals surface area (Å²) in [6, 6.07) is 20.7. The Labute approximate surface area is 194 Å². The standard InChI is InChI=1S/C24H25N3O4S2/c1-17-4-8-20(9-5-17)24-16-23(19-10-12-21(13-11-19)26-32(3,28)29)25-27(24)33(30,31)22-14-6-18(2)7-15-22/h4-15,24,26H,16H2,1-3H3/t24-/m0/s1. The molecule has 1 aliphatic rings. The van der Waals surface area contributed by atoms with Crippen LogP contribution in [0.25, 0.3) is 0 Å². The van der Waals surface area contributed by atoms with Gasteiger partial charge in [-0.25, -0.2) is 8.42 Å². The third kappa shape index (κ3) is 5.09. The zero-order valence-electron chi connectivity index (χ0n) is 18.6. The van der Waals surface area contributed by atoms with Crippen LogP contribution in [-0.2, 0) is 20.0 Å². The SMILES string of the molecule is Cc1ccc([C@@H]2CC(c3ccc(NS(C)(=O)=O)cc3)=NN2S(=O)(=O)c2ccc(C)cc2)cc1. The molecular formula is C24H25N3O4S2. The number of anilines is 1. The second-order valence-corrected chi connectivity index (χ2v) is 11.8. The molecule has 33 heavy (non-hydrogen) atoms. The van der Waals surface area contributed by atoms with Gasteiger partial charge in [-0.1, -0.05) is 59.7 Å². The molecule has 0 amide bonds. The van der Waals surface area contributed by atoms with Crippen molar-refractivity contribution >= 4 is 31.4 Å². The first kappa shape index (κ1) is 23.0. The number of hydrogen-bond acceptors (Lipinski definition) is 5. The molecule has 0 saturated heterocycles. The van der Waals surface area contributed by atoms with Crippen molar-refractivity contribution in [3.8, 4) is 0 Å². The fourth-order valence-electron chi connectivity index (χ4n) is 3.68. The fourth-order valence-corrected chi connectivity index (χ4v) is 5.68. The van der Waals surface area contributed by atoms with E-state index in [1.807, 2.05) is 38.1 Å². The molecule has 0 bridgehead atoms. The third-order valence-electron chi connectivity index (χ3n) is 5.42. The summed E-state index contributed by atoms with van der Waals surface area (Å²) in [5.74, 6) is 0. The fraction of sp³-hybridized carbons (Fsp3) is 0.208. The zero-order chi connectivity index (χ0) is 23.8. The van der Waals surface area contributed by atoms with E-state index in [1.165, 1.54) is 4.41 Å². The Morgan fingerprint density at radius 1 is 0.818 bits per heavy atom. The second-order valence-electron chi connectivity index (χ2n) is 8.22. The normalized spacial score (nSPS) is 16.5. The average Bonchev–Trinajstić information content (AvgIpc) is 3.20. The van der Waals surface area contributed by atoms with E-state index in [9.17, 15) is 16.8 Å². The lowest BCUT2D eigenvalue weighted by Crippen LogP contribution is -2.27. The Morgan fingerprint density at radius 3 is 1.91 bits per heavy atom. The summed E-state index contributed by atoms with van der Waals surface area (Å²) >= 11 is 0. The van der Waals surface area contributed by atoms with Crippen molar-refractivity contribution in [3.05, 3.63) is 95.1 Å². The molecule has 1 atom stereocenters. The number of benzene rings is 3. The quantitative estimate of drug-likeness (QED) is 0.568. The lowest BCUT2D eigenvalue weighted by Gasteiger charge is -2.23. The molecule has 1 heterocycles. The van der Waals surface area contributed by atoms with Gasteiger partial charge >= 0.3 is 0 Å². The highest BCUT2D eigenvalue weighted by Crippen LogP contribution is 2.37. The Bertz CT molecular complexity index is 1400. The largest absolute Gasteiger partial charge is 0.284 e. The Morgan fingerprint density at radius 2 is 1.36 bits per heavy atom. The van der Waals surface area contributed by atoms with E-state index in [-0.39, 0.29) is 4.90 Å². The van der Waals surface area contributed by atoms with E-state index in [0.717, 1.165) is 28.5 Å². The van der Waals surface area contributed by atoms with E-state index >= 15 is 0 Å². The van der Waals surface area contributed by atoms with E-state index in [4.69, 9.17) is 0 Å². The molecule has 0 radical (unpaired) electrons. The predicted octanol–water partition coefficient (Wildman–Crippen LogP) is 4.21. The molecule has 0 aliphatic carbocycles. The Balaban J connectivity index is 1.73. The van der Waals surface area contributed by atoms with Crippen LogP contribution in [0.4, 0.5) is 5.69 Å². The van der Waals surface area contributed by atoms with Gasteiger partial charge in [0, 0.05) is 12.1 Å². The zero-order valence-corrected chi connectivity index (χ0v) is 20.2. The molecule has 172 valence electrons. The van der Waals surface area contributed by atoms with E-state index in [0.29, 0.717) is 17.8 Å². The van der Waals surface area contributed by atoms with Crippen LogP contribution >= 0.6 is 0 Å². The van der Waals surface area contributed by atoms with Gasteiger partial charge in [0.25, 0.3) is 10.0 Å². The van der Waals surface area contributed by atoms with Gasteiger partial charge in [-0.3, -0.25) is 4.72 Å². The van der Waals surface area contributed by atoms with Gasteiger partial charge in [-0.15, -0.1) is 0 Å². The van der Waals surface area contributed by atoms with Gasteiger partial charge in [0.05, 0.1) is 22.9 Å². The molecular weight excluding hydrogens is 458 g/mol. The van der Waals surface area contributed by atoms with Gasteiger partial charge < -0.3 is 0 Å². The first-order valence-corrected chi connectivity index (χ1v) is 13.7. The maximum Gasteiger partial charge on any atom is 0.279 e. The molecule has 1 N–H and O–H groups in total. The van der Waals surface area contributed by atoms with Crippen LogP contribution < -0.4 is 4.72 Å². The summed E-state index contributed by atoms with van der Waals surface area (Å²) in [5, 5.41) is 4.54. The second kappa shape index (κ2) is 8.64. The van der Waals surface area contributed by atoms with E-state index in [1.54, 1.807) is 48.5 Å². The third-order valence-corrected chi connectivity index (χ3v) is 7.72. The molecule has 0 saturated carbocycles. The molecule has 7 nitrogen and oxygen atoms in total. The summed E-state index contributed by atoms with van der Waals surface area (Å²) < 4.78 is 53.6. The number of rotatable bonds is 6. The minimum Gasteiger partial charge on any atom is -0.284 e. The van der Waals surface area contributed by atoms with Gasteiger partial charge in [0.15, 0.2) is 0 Å². The van der Waals surface area contributed by atoms with Crippen molar-refractivity contribution in [3.63, 3.8) is 0 Å². The Hall–Kier alpha value is -3.17. The van der Waals surface area contributed by atoms with Gasteiger partial charge in [0.2, 0.25) is 10.0 Å². The lowest BCUT2D eigenvalue weighted by atomic mass is 9.98. The molecule has 4 rings (SSSR count). The Kier molecular flexibility index (Phi) is 6.02. The number of hydrazone groups is 1. The van der Waals surface area contributed by atoms with E-state index in [2.05, 4.69) is 9.82 Å². The highest BCUT2D eigenvalue weighted by molar-refractivity contribution is 7.92. The van der Waals surface area contributed by atoms with Crippen molar-refractivity contribution < 1.29 is 16.8 Å². The van der Waals surface area contributed by atoms with Crippen LogP contribution in [0, 0.1) is 13.8 Å². The van der Waals surface area contributed by atoms with Crippen molar-refractivity contribution in [1.82, 2.24) is 4.41 Å². The first-order chi connectivity index (χ1) is 15.5. The molecule has 9 heteroatoms. The van der Waals surface area contributed by atoms with Crippen LogP contribution in [-0.4, -0.2) is 33.2 Å². The molecule has 0 aromatic heterocycles. The average molecular weight is 484 g/mol. The minimum absolute atomic E-state index is 0.183. The number of aryl methyl sites for hydroxylation is 2. The topological polar surface area (TPSA) is 95.9 Å². The summed E-state index contributed by atoms with van der Waals surface area (Å²) in [6.07, 6.45) is 1.48. The maximum absolute atomic E-state index is 13.5.